The number of aromatic amines is 1. The van der Waals surface area contributed by atoms with E-state index in [4.69, 9.17) is 4.74 Å². The highest BCUT2D eigenvalue weighted by molar-refractivity contribution is 7.16. The molecule has 1 aromatic heterocycles. The first-order valence-electron chi connectivity index (χ1n) is 10.4. The molecule has 0 aliphatic rings. The van der Waals surface area contributed by atoms with Gasteiger partial charge in [-0.2, -0.15) is 0 Å². The van der Waals surface area contributed by atoms with Gasteiger partial charge in [0.2, 0.25) is 0 Å². The SMILES string of the molecule is O=c1[nH]c2c(O)ccc(CCNCCCCCOCCCc3ccccc3)c2s1. The second kappa shape index (κ2) is 11.8. The molecule has 3 rings (SSSR count). The number of thiazole rings is 1. The average molecular weight is 415 g/mol. The molecule has 156 valence electrons. The van der Waals surface area contributed by atoms with E-state index in [1.165, 1.54) is 5.56 Å². The molecule has 3 aromatic rings. The number of ether oxygens (including phenoxy) is 1. The number of nitrogens with one attached hydrogen (secondary N) is 2. The van der Waals surface area contributed by atoms with Crippen molar-refractivity contribution in [2.24, 2.45) is 0 Å². The van der Waals surface area contributed by atoms with Crippen LogP contribution in [0.3, 0.4) is 0 Å². The standard InChI is InChI=1S/C23H30N2O3S/c26-20-12-11-19(22-21(20)25-23(27)29-22)13-15-24-14-5-2-6-16-28-17-7-10-18-8-3-1-4-9-18/h1,3-4,8-9,11-12,24,26H,2,5-7,10,13-17H2,(H,25,27). The third-order valence-electron chi connectivity index (χ3n) is 4.95. The predicted octanol–water partition coefficient (Wildman–Crippen LogP) is 4.25. The maximum Gasteiger partial charge on any atom is 0.305 e. The Kier molecular flexibility index (Phi) is 8.74. The van der Waals surface area contributed by atoms with Crippen LogP contribution in [0.2, 0.25) is 0 Å². The van der Waals surface area contributed by atoms with Gasteiger partial charge in [-0.3, -0.25) is 4.79 Å². The molecular weight excluding hydrogens is 384 g/mol. The van der Waals surface area contributed by atoms with Crippen LogP contribution in [0.4, 0.5) is 0 Å². The van der Waals surface area contributed by atoms with Crippen molar-refractivity contribution in [1.29, 1.82) is 0 Å². The maximum atomic E-state index is 11.5. The van der Waals surface area contributed by atoms with Gasteiger partial charge in [0.15, 0.2) is 0 Å². The van der Waals surface area contributed by atoms with Gasteiger partial charge in [-0.05, 0) is 68.8 Å². The van der Waals surface area contributed by atoms with Crippen molar-refractivity contribution in [2.45, 2.75) is 38.5 Å². The van der Waals surface area contributed by atoms with Crippen LogP contribution in [0.15, 0.2) is 47.3 Å². The summed E-state index contributed by atoms with van der Waals surface area (Å²) in [6.45, 7) is 3.52. The number of hydrogen-bond acceptors (Lipinski definition) is 5. The number of aryl methyl sites for hydroxylation is 1. The molecule has 0 radical (unpaired) electrons. The topological polar surface area (TPSA) is 74.4 Å². The first kappa shape index (κ1) is 21.6. The number of hydrogen-bond donors (Lipinski definition) is 3. The molecule has 0 unspecified atom stereocenters. The number of aromatic hydroxyl groups is 1. The summed E-state index contributed by atoms with van der Waals surface area (Å²) in [4.78, 5) is 14.1. The van der Waals surface area contributed by atoms with Crippen molar-refractivity contribution in [2.75, 3.05) is 26.3 Å². The lowest BCUT2D eigenvalue weighted by atomic mass is 10.1. The third-order valence-corrected chi connectivity index (χ3v) is 5.91. The highest BCUT2D eigenvalue weighted by Gasteiger charge is 2.09. The van der Waals surface area contributed by atoms with Gasteiger partial charge in [0, 0.05) is 13.2 Å². The second-order valence-electron chi connectivity index (χ2n) is 7.22. The van der Waals surface area contributed by atoms with E-state index in [1.807, 2.05) is 12.1 Å². The van der Waals surface area contributed by atoms with E-state index in [9.17, 15) is 9.90 Å². The zero-order valence-electron chi connectivity index (χ0n) is 16.8. The molecule has 0 atom stereocenters. The van der Waals surface area contributed by atoms with Gasteiger partial charge < -0.3 is 20.1 Å². The minimum absolute atomic E-state index is 0.127. The van der Waals surface area contributed by atoms with Gasteiger partial charge in [-0.15, -0.1) is 0 Å². The fourth-order valence-corrected chi connectivity index (χ4v) is 4.27. The zero-order valence-corrected chi connectivity index (χ0v) is 17.6. The Balaban J connectivity index is 1.19. The van der Waals surface area contributed by atoms with Crippen LogP contribution in [0.25, 0.3) is 10.2 Å². The highest BCUT2D eigenvalue weighted by Crippen LogP contribution is 2.27. The molecule has 0 fully saturated rings. The van der Waals surface area contributed by atoms with Gasteiger partial charge in [-0.25, -0.2) is 0 Å². The normalized spacial score (nSPS) is 11.3. The number of phenols is 1. The van der Waals surface area contributed by atoms with E-state index >= 15 is 0 Å². The Bertz CT molecular complexity index is 921. The van der Waals surface area contributed by atoms with E-state index in [-0.39, 0.29) is 10.6 Å². The van der Waals surface area contributed by atoms with Crippen molar-refractivity contribution >= 4 is 21.6 Å². The van der Waals surface area contributed by atoms with Crippen molar-refractivity contribution in [3.8, 4) is 5.75 Å². The summed E-state index contributed by atoms with van der Waals surface area (Å²) in [5.74, 6) is 0.136. The summed E-state index contributed by atoms with van der Waals surface area (Å²) in [7, 11) is 0. The summed E-state index contributed by atoms with van der Waals surface area (Å²) in [5, 5.41) is 13.3. The molecule has 6 heteroatoms. The van der Waals surface area contributed by atoms with Crippen LogP contribution < -0.4 is 10.2 Å². The molecule has 3 N–H and O–H groups in total. The molecule has 0 aliphatic heterocycles. The van der Waals surface area contributed by atoms with Crippen LogP contribution in [-0.2, 0) is 17.6 Å². The van der Waals surface area contributed by atoms with Gasteiger partial charge in [0.1, 0.15) is 11.3 Å². The Morgan fingerprint density at radius 1 is 0.931 bits per heavy atom. The van der Waals surface area contributed by atoms with E-state index in [2.05, 4.69) is 34.6 Å². The van der Waals surface area contributed by atoms with Gasteiger partial charge in [0.25, 0.3) is 0 Å². The minimum Gasteiger partial charge on any atom is -0.506 e. The lowest BCUT2D eigenvalue weighted by molar-refractivity contribution is 0.128. The smallest absolute Gasteiger partial charge is 0.305 e. The number of fused-ring (bicyclic) bond motifs is 1. The molecule has 1 heterocycles. The van der Waals surface area contributed by atoms with Crippen molar-refractivity contribution in [3.63, 3.8) is 0 Å². The van der Waals surface area contributed by atoms with Crippen LogP contribution in [0, 0.1) is 0 Å². The summed E-state index contributed by atoms with van der Waals surface area (Å²) < 4.78 is 6.59. The lowest BCUT2D eigenvalue weighted by Gasteiger charge is -2.07. The Morgan fingerprint density at radius 3 is 2.62 bits per heavy atom. The summed E-state index contributed by atoms with van der Waals surface area (Å²) in [5.41, 5.74) is 3.03. The Hall–Kier alpha value is -2.15. The number of unbranched alkanes of at least 4 members (excludes halogenated alkanes) is 2. The monoisotopic (exact) mass is 414 g/mol. The van der Waals surface area contributed by atoms with Crippen LogP contribution >= 0.6 is 11.3 Å². The average Bonchev–Trinajstić information content (AvgIpc) is 3.13. The molecule has 29 heavy (non-hydrogen) atoms. The number of benzene rings is 2. The highest BCUT2D eigenvalue weighted by atomic mass is 32.1. The zero-order chi connectivity index (χ0) is 20.3. The molecule has 5 nitrogen and oxygen atoms in total. The van der Waals surface area contributed by atoms with Crippen molar-refractivity contribution in [3.05, 3.63) is 63.3 Å². The maximum absolute atomic E-state index is 11.5. The van der Waals surface area contributed by atoms with E-state index < -0.39 is 0 Å². The number of phenolic OH excluding ortho intramolecular Hbond substituents is 1. The molecule has 0 amide bonds. The van der Waals surface area contributed by atoms with E-state index in [0.29, 0.717) is 5.52 Å². The summed E-state index contributed by atoms with van der Waals surface area (Å²) >= 11 is 1.16. The summed E-state index contributed by atoms with van der Waals surface area (Å²) in [6.07, 6.45) is 6.39. The van der Waals surface area contributed by atoms with Gasteiger partial charge in [0.05, 0.1) is 4.70 Å². The molecule has 2 aromatic carbocycles. The number of H-pyrrole nitrogens is 1. The fourth-order valence-electron chi connectivity index (χ4n) is 3.37. The van der Waals surface area contributed by atoms with E-state index in [1.54, 1.807) is 6.07 Å². The number of rotatable bonds is 13. The molecule has 0 aliphatic carbocycles. The second-order valence-corrected chi connectivity index (χ2v) is 8.21. The Labute approximate surface area is 175 Å². The molecule has 0 saturated heterocycles. The minimum atomic E-state index is -0.127. The van der Waals surface area contributed by atoms with E-state index in [0.717, 1.165) is 86.4 Å². The molecular formula is C23H30N2O3S. The quantitative estimate of drug-likeness (QED) is 0.366. The third kappa shape index (κ3) is 6.99. The number of aromatic nitrogens is 1. The fraction of sp³-hybridized carbons (Fsp3) is 0.435. The van der Waals surface area contributed by atoms with Crippen molar-refractivity contribution in [1.82, 2.24) is 10.3 Å². The largest absolute Gasteiger partial charge is 0.506 e. The summed E-state index contributed by atoms with van der Waals surface area (Å²) in [6, 6.07) is 14.1. The Morgan fingerprint density at radius 2 is 1.76 bits per heavy atom. The molecule has 0 spiro atoms. The van der Waals surface area contributed by atoms with Crippen LogP contribution in [-0.4, -0.2) is 36.4 Å². The molecule has 0 saturated carbocycles. The van der Waals surface area contributed by atoms with Crippen molar-refractivity contribution < 1.29 is 9.84 Å². The predicted molar refractivity (Wildman–Crippen MR) is 120 cm³/mol. The van der Waals surface area contributed by atoms with Crippen LogP contribution in [0.5, 0.6) is 5.75 Å². The van der Waals surface area contributed by atoms with Crippen LogP contribution in [0.1, 0.15) is 36.8 Å². The molecule has 0 bridgehead atoms. The first-order valence-corrected chi connectivity index (χ1v) is 11.2. The lowest BCUT2D eigenvalue weighted by Crippen LogP contribution is -2.18. The first-order chi connectivity index (χ1) is 14.2. The van der Waals surface area contributed by atoms with Gasteiger partial charge in [-0.1, -0.05) is 47.7 Å². The van der Waals surface area contributed by atoms with Gasteiger partial charge >= 0.3 is 4.87 Å².